The smallest absolute Gasteiger partial charge is 0.243 e. The van der Waals surface area contributed by atoms with Crippen LogP contribution in [-0.4, -0.2) is 41.0 Å². The van der Waals surface area contributed by atoms with Gasteiger partial charge in [0.15, 0.2) is 0 Å². The van der Waals surface area contributed by atoms with E-state index < -0.39 is 10.0 Å². The molecular weight excluding hydrogens is 388 g/mol. The Morgan fingerprint density at radius 2 is 1.76 bits per heavy atom. The van der Waals surface area contributed by atoms with Crippen LogP contribution in [0.25, 0.3) is 21.8 Å². The lowest BCUT2D eigenvalue weighted by atomic mass is 10.1. The maximum Gasteiger partial charge on any atom is 0.243 e. The van der Waals surface area contributed by atoms with Crippen molar-refractivity contribution in [3.8, 4) is 0 Å². The van der Waals surface area contributed by atoms with Gasteiger partial charge < -0.3 is 4.84 Å². The minimum Gasteiger partial charge on any atom is -0.390 e. The van der Waals surface area contributed by atoms with Gasteiger partial charge in [-0.2, -0.15) is 4.31 Å². The van der Waals surface area contributed by atoms with Gasteiger partial charge in [-0.3, -0.25) is 0 Å². The minimum atomic E-state index is -3.57. The van der Waals surface area contributed by atoms with E-state index in [9.17, 15) is 8.42 Å². The Morgan fingerprint density at radius 3 is 2.55 bits per heavy atom. The number of sulfonamides is 1. The first-order chi connectivity index (χ1) is 14.0. The molecule has 0 amide bonds. The molecule has 0 spiro atoms. The number of benzene rings is 3. The highest BCUT2D eigenvalue weighted by molar-refractivity contribution is 7.89. The zero-order valence-electron chi connectivity index (χ0n) is 16.3. The van der Waals surface area contributed by atoms with Crippen LogP contribution in [0.1, 0.15) is 19.4 Å². The molecule has 0 saturated carbocycles. The Bertz CT molecular complexity index is 1260. The van der Waals surface area contributed by atoms with E-state index in [1.54, 1.807) is 18.2 Å². The molecule has 3 aromatic carbocycles. The summed E-state index contributed by atoms with van der Waals surface area (Å²) in [7, 11) is -3.57. The van der Waals surface area contributed by atoms with E-state index in [1.165, 1.54) is 9.15 Å². The van der Waals surface area contributed by atoms with Gasteiger partial charge in [-0.05, 0) is 39.7 Å². The number of fused-ring (bicyclic) bond motifs is 2. The Morgan fingerprint density at radius 1 is 1.00 bits per heavy atom. The van der Waals surface area contributed by atoms with Gasteiger partial charge in [0.1, 0.15) is 17.6 Å². The maximum absolute atomic E-state index is 12.8. The van der Waals surface area contributed by atoms with Crippen LogP contribution in [0, 0.1) is 0 Å². The second-order valence-electron chi connectivity index (χ2n) is 6.61. The van der Waals surface area contributed by atoms with E-state index in [1.807, 2.05) is 56.3 Å². The average molecular weight is 410 g/mol. The van der Waals surface area contributed by atoms with E-state index >= 15 is 0 Å². The summed E-state index contributed by atoms with van der Waals surface area (Å²) in [6, 6.07) is 18.9. The van der Waals surface area contributed by atoms with Gasteiger partial charge in [0.05, 0.1) is 4.90 Å². The van der Waals surface area contributed by atoms with Crippen LogP contribution in [-0.2, 0) is 16.6 Å². The zero-order valence-corrected chi connectivity index (χ0v) is 17.1. The fourth-order valence-electron chi connectivity index (χ4n) is 3.40. The molecule has 4 rings (SSSR count). The molecule has 0 fully saturated rings. The molecule has 0 saturated heterocycles. The van der Waals surface area contributed by atoms with Crippen molar-refractivity contribution < 1.29 is 13.3 Å². The molecule has 0 aliphatic rings. The molecule has 0 radical (unpaired) electrons. The highest BCUT2D eigenvalue weighted by Gasteiger charge is 2.23. The van der Waals surface area contributed by atoms with E-state index in [-0.39, 0.29) is 11.5 Å². The number of aromatic nitrogens is 3. The summed E-state index contributed by atoms with van der Waals surface area (Å²) < 4.78 is 27.1. The lowest BCUT2D eigenvalue weighted by Crippen LogP contribution is -2.30. The molecule has 0 bridgehead atoms. The molecule has 0 atom stereocenters. The van der Waals surface area contributed by atoms with Crippen LogP contribution in [0.2, 0.25) is 0 Å². The van der Waals surface area contributed by atoms with E-state index in [2.05, 4.69) is 10.3 Å². The highest BCUT2D eigenvalue weighted by Crippen LogP contribution is 2.22. The highest BCUT2D eigenvalue weighted by atomic mass is 32.2. The van der Waals surface area contributed by atoms with Crippen molar-refractivity contribution in [1.82, 2.24) is 19.5 Å². The van der Waals surface area contributed by atoms with Crippen molar-refractivity contribution in [2.75, 3.05) is 13.1 Å². The van der Waals surface area contributed by atoms with E-state index in [4.69, 9.17) is 4.84 Å². The molecule has 150 valence electrons. The zero-order chi connectivity index (χ0) is 20.4. The lowest BCUT2D eigenvalue weighted by Gasteiger charge is -2.18. The third-order valence-electron chi connectivity index (χ3n) is 4.95. The standard InChI is InChI=1S/C21H22N4O3S/c1-3-24(4-2)29(26,27)18-12-13-20-21(14-18)25(23-22-20)28-15-17-10-7-9-16-8-5-6-11-19(16)17/h5-14H,3-4,15H2,1-2H3. The Kier molecular flexibility index (Phi) is 5.21. The number of nitrogens with zero attached hydrogens (tertiary/aromatic N) is 4. The molecule has 1 heterocycles. The van der Waals surface area contributed by atoms with Crippen molar-refractivity contribution in [2.24, 2.45) is 0 Å². The molecule has 1 aromatic heterocycles. The number of hydrogen-bond acceptors (Lipinski definition) is 5. The van der Waals surface area contributed by atoms with Gasteiger partial charge in [-0.15, -0.1) is 5.10 Å². The Hall–Kier alpha value is -2.97. The molecule has 7 nitrogen and oxygen atoms in total. The van der Waals surface area contributed by atoms with Crippen molar-refractivity contribution >= 4 is 31.8 Å². The number of hydrogen-bond donors (Lipinski definition) is 0. The van der Waals surface area contributed by atoms with Crippen LogP contribution in [0.4, 0.5) is 0 Å². The second-order valence-corrected chi connectivity index (χ2v) is 8.55. The van der Waals surface area contributed by atoms with Crippen LogP contribution >= 0.6 is 0 Å². The second kappa shape index (κ2) is 7.81. The van der Waals surface area contributed by atoms with E-state index in [0.717, 1.165) is 16.3 Å². The minimum absolute atomic E-state index is 0.200. The maximum atomic E-state index is 12.8. The van der Waals surface area contributed by atoms with Crippen LogP contribution in [0.3, 0.4) is 0 Å². The summed E-state index contributed by atoms with van der Waals surface area (Å²) in [4.78, 5) is 7.36. The van der Waals surface area contributed by atoms with Gasteiger partial charge in [-0.1, -0.05) is 61.2 Å². The fourth-order valence-corrected chi connectivity index (χ4v) is 4.87. The summed E-state index contributed by atoms with van der Waals surface area (Å²) in [6.45, 7) is 4.74. The first-order valence-corrected chi connectivity index (χ1v) is 10.9. The van der Waals surface area contributed by atoms with Crippen LogP contribution in [0.5, 0.6) is 0 Å². The normalized spacial score (nSPS) is 12.1. The summed E-state index contributed by atoms with van der Waals surface area (Å²) in [5, 5.41) is 10.3. The topological polar surface area (TPSA) is 77.3 Å². The molecule has 8 heteroatoms. The summed E-state index contributed by atoms with van der Waals surface area (Å²) in [5.74, 6) is 0. The predicted molar refractivity (Wildman–Crippen MR) is 112 cm³/mol. The van der Waals surface area contributed by atoms with Crippen LogP contribution < -0.4 is 4.84 Å². The van der Waals surface area contributed by atoms with Crippen molar-refractivity contribution in [3.05, 3.63) is 66.2 Å². The SMILES string of the molecule is CCN(CC)S(=O)(=O)c1ccc2nnn(OCc3cccc4ccccc34)c2c1. The quantitative estimate of drug-likeness (QED) is 0.467. The van der Waals surface area contributed by atoms with Crippen molar-refractivity contribution in [2.45, 2.75) is 25.3 Å². The molecular formula is C21H22N4O3S. The van der Waals surface area contributed by atoms with Gasteiger partial charge in [-0.25, -0.2) is 8.42 Å². The predicted octanol–water partition coefficient (Wildman–Crippen LogP) is 3.24. The summed E-state index contributed by atoms with van der Waals surface area (Å²) in [6.07, 6.45) is 0. The third kappa shape index (κ3) is 3.56. The lowest BCUT2D eigenvalue weighted by molar-refractivity contribution is 0.0758. The summed E-state index contributed by atoms with van der Waals surface area (Å²) >= 11 is 0. The summed E-state index contributed by atoms with van der Waals surface area (Å²) in [5.41, 5.74) is 2.10. The molecule has 0 aliphatic heterocycles. The molecule has 29 heavy (non-hydrogen) atoms. The van der Waals surface area contributed by atoms with Gasteiger partial charge in [0.25, 0.3) is 0 Å². The Balaban J connectivity index is 1.66. The fraction of sp³-hybridized carbons (Fsp3) is 0.238. The van der Waals surface area contributed by atoms with E-state index in [0.29, 0.717) is 24.1 Å². The van der Waals surface area contributed by atoms with Gasteiger partial charge in [0, 0.05) is 13.1 Å². The van der Waals surface area contributed by atoms with Crippen molar-refractivity contribution in [3.63, 3.8) is 0 Å². The molecule has 0 N–H and O–H groups in total. The monoisotopic (exact) mass is 410 g/mol. The average Bonchev–Trinajstić information content (AvgIpc) is 3.15. The molecule has 0 unspecified atom stereocenters. The third-order valence-corrected chi connectivity index (χ3v) is 7.00. The van der Waals surface area contributed by atoms with Gasteiger partial charge >= 0.3 is 0 Å². The molecule has 0 aliphatic carbocycles. The molecule has 4 aromatic rings. The Labute approximate surface area is 169 Å². The number of rotatable bonds is 7. The first kappa shape index (κ1) is 19.4. The van der Waals surface area contributed by atoms with Crippen molar-refractivity contribution in [1.29, 1.82) is 0 Å². The van der Waals surface area contributed by atoms with Gasteiger partial charge in [0.2, 0.25) is 10.0 Å². The first-order valence-electron chi connectivity index (χ1n) is 9.50. The van der Waals surface area contributed by atoms with Crippen LogP contribution in [0.15, 0.2) is 65.6 Å². The largest absolute Gasteiger partial charge is 0.390 e.